The molecule has 0 unspecified atom stereocenters. The third-order valence-corrected chi connectivity index (χ3v) is 5.89. The molecule has 0 atom stereocenters. The van der Waals surface area contributed by atoms with Gasteiger partial charge in [0.05, 0.1) is 30.4 Å². The number of benzene rings is 3. The van der Waals surface area contributed by atoms with Crippen LogP contribution in [0.5, 0.6) is 5.75 Å². The number of amides is 1. The van der Waals surface area contributed by atoms with Gasteiger partial charge in [-0.2, -0.15) is 0 Å². The minimum absolute atomic E-state index is 0.0323. The Bertz CT molecular complexity index is 1190. The molecule has 0 saturated carbocycles. The highest BCUT2D eigenvalue weighted by Gasteiger charge is 2.18. The van der Waals surface area contributed by atoms with Gasteiger partial charge in [-0.1, -0.05) is 30.3 Å². The number of methoxy groups -OCH3 is 1. The van der Waals surface area contributed by atoms with Crippen LogP contribution in [0.1, 0.15) is 29.8 Å². The molecule has 2 N–H and O–H groups in total. The van der Waals surface area contributed by atoms with Crippen LogP contribution in [0.15, 0.2) is 77.7 Å². The summed E-state index contributed by atoms with van der Waals surface area (Å²) in [4.78, 5) is 12.7. The summed E-state index contributed by atoms with van der Waals surface area (Å²) >= 11 is 0. The van der Waals surface area contributed by atoms with E-state index in [4.69, 9.17) is 9.47 Å². The molecule has 0 saturated heterocycles. The van der Waals surface area contributed by atoms with Gasteiger partial charge in [-0.25, -0.2) is 8.42 Å². The van der Waals surface area contributed by atoms with Crippen LogP contribution in [0.25, 0.3) is 0 Å². The van der Waals surface area contributed by atoms with E-state index in [9.17, 15) is 13.2 Å². The van der Waals surface area contributed by atoms with Gasteiger partial charge in [0.25, 0.3) is 15.9 Å². The van der Waals surface area contributed by atoms with E-state index in [0.717, 1.165) is 5.56 Å². The van der Waals surface area contributed by atoms with Gasteiger partial charge in [0, 0.05) is 11.3 Å². The Balaban J connectivity index is 1.77. The van der Waals surface area contributed by atoms with Crippen LogP contribution in [0.2, 0.25) is 0 Å². The number of ether oxygens (including phenoxy) is 2. The number of carbonyl (C=O) groups is 1. The van der Waals surface area contributed by atoms with Crippen molar-refractivity contribution in [2.75, 3.05) is 17.1 Å². The number of hydrogen-bond donors (Lipinski definition) is 2. The van der Waals surface area contributed by atoms with E-state index in [1.54, 1.807) is 36.4 Å². The first-order chi connectivity index (χ1) is 15.3. The summed E-state index contributed by atoms with van der Waals surface area (Å²) in [6.07, 6.45) is 0.0994. The molecule has 8 heteroatoms. The van der Waals surface area contributed by atoms with E-state index < -0.39 is 15.9 Å². The number of para-hydroxylation sites is 2. The predicted molar refractivity (Wildman–Crippen MR) is 125 cm³/mol. The zero-order chi connectivity index (χ0) is 23.1. The first kappa shape index (κ1) is 23.3. The summed E-state index contributed by atoms with van der Waals surface area (Å²) in [5.41, 5.74) is 2.05. The highest BCUT2D eigenvalue weighted by Crippen LogP contribution is 2.26. The maximum absolute atomic E-state index is 12.9. The molecule has 3 aromatic carbocycles. The number of nitrogens with one attached hydrogen (secondary N) is 2. The van der Waals surface area contributed by atoms with E-state index in [-0.39, 0.29) is 16.6 Å². The minimum atomic E-state index is -3.92. The predicted octanol–water partition coefficient (Wildman–Crippen LogP) is 4.67. The highest BCUT2D eigenvalue weighted by atomic mass is 32.2. The van der Waals surface area contributed by atoms with Crippen LogP contribution in [-0.2, 0) is 21.4 Å². The quantitative estimate of drug-likeness (QED) is 0.490. The highest BCUT2D eigenvalue weighted by molar-refractivity contribution is 7.92. The molecule has 0 aromatic heterocycles. The van der Waals surface area contributed by atoms with E-state index in [0.29, 0.717) is 23.7 Å². The Labute approximate surface area is 188 Å². The van der Waals surface area contributed by atoms with E-state index in [2.05, 4.69) is 10.0 Å². The molecule has 3 aromatic rings. The third-order valence-electron chi connectivity index (χ3n) is 4.53. The van der Waals surface area contributed by atoms with Gasteiger partial charge in [-0.05, 0) is 61.9 Å². The van der Waals surface area contributed by atoms with Gasteiger partial charge in [-0.3, -0.25) is 9.52 Å². The molecule has 32 heavy (non-hydrogen) atoms. The van der Waals surface area contributed by atoms with E-state index in [1.165, 1.54) is 25.3 Å². The van der Waals surface area contributed by atoms with Crippen LogP contribution in [0.3, 0.4) is 0 Å². The molecule has 0 heterocycles. The SMILES string of the molecule is COc1ccccc1NS(=O)(=O)c1cccc(C(=O)Nc2cccc(COC(C)C)c2)c1. The van der Waals surface area contributed by atoms with Crippen LogP contribution >= 0.6 is 0 Å². The molecule has 1 amide bonds. The van der Waals surface area contributed by atoms with Crippen LogP contribution in [0, 0.1) is 0 Å². The lowest BCUT2D eigenvalue weighted by molar-refractivity contribution is 0.0657. The van der Waals surface area contributed by atoms with E-state index >= 15 is 0 Å². The van der Waals surface area contributed by atoms with Crippen molar-refractivity contribution in [2.45, 2.75) is 31.5 Å². The lowest BCUT2D eigenvalue weighted by Gasteiger charge is -2.13. The molecular formula is C24H26N2O5S. The number of rotatable bonds is 9. The van der Waals surface area contributed by atoms with Gasteiger partial charge in [0.15, 0.2) is 0 Å². The number of carbonyl (C=O) groups excluding carboxylic acids is 1. The summed E-state index contributed by atoms with van der Waals surface area (Å²) in [5.74, 6) is -0.0208. The van der Waals surface area contributed by atoms with Crippen molar-refractivity contribution in [1.29, 1.82) is 0 Å². The number of sulfonamides is 1. The van der Waals surface area contributed by atoms with Gasteiger partial charge in [-0.15, -0.1) is 0 Å². The average Bonchev–Trinajstić information content (AvgIpc) is 2.78. The van der Waals surface area contributed by atoms with Crippen molar-refractivity contribution in [3.63, 3.8) is 0 Å². The summed E-state index contributed by atoms with van der Waals surface area (Å²) in [6, 6.07) is 19.9. The maximum Gasteiger partial charge on any atom is 0.262 e. The topological polar surface area (TPSA) is 93.7 Å². The lowest BCUT2D eigenvalue weighted by atomic mass is 10.2. The fourth-order valence-electron chi connectivity index (χ4n) is 2.94. The van der Waals surface area contributed by atoms with Gasteiger partial charge in [0.1, 0.15) is 5.75 Å². The summed E-state index contributed by atoms with van der Waals surface area (Å²) in [6.45, 7) is 4.34. The summed E-state index contributed by atoms with van der Waals surface area (Å²) < 4.78 is 39.0. The summed E-state index contributed by atoms with van der Waals surface area (Å²) in [5, 5.41) is 2.80. The van der Waals surface area contributed by atoms with Crippen molar-refractivity contribution in [3.05, 3.63) is 83.9 Å². The molecule has 0 spiro atoms. The second-order valence-corrected chi connectivity index (χ2v) is 9.03. The summed E-state index contributed by atoms with van der Waals surface area (Å²) in [7, 11) is -2.46. The fraction of sp³-hybridized carbons (Fsp3) is 0.208. The van der Waals surface area contributed by atoms with Gasteiger partial charge >= 0.3 is 0 Å². The molecule has 0 aliphatic rings. The van der Waals surface area contributed by atoms with Gasteiger partial charge in [0.2, 0.25) is 0 Å². The third kappa shape index (κ3) is 6.09. The molecule has 7 nitrogen and oxygen atoms in total. The molecule has 0 radical (unpaired) electrons. The molecule has 0 aliphatic carbocycles. The zero-order valence-corrected chi connectivity index (χ0v) is 19.0. The average molecular weight is 455 g/mol. The molecule has 0 fully saturated rings. The van der Waals surface area contributed by atoms with Crippen molar-refractivity contribution in [3.8, 4) is 5.75 Å². The zero-order valence-electron chi connectivity index (χ0n) is 18.2. The van der Waals surface area contributed by atoms with Crippen LogP contribution < -0.4 is 14.8 Å². The minimum Gasteiger partial charge on any atom is -0.495 e. The largest absolute Gasteiger partial charge is 0.495 e. The van der Waals surface area contributed by atoms with Crippen LogP contribution in [-0.4, -0.2) is 27.5 Å². The Hall–Kier alpha value is -3.36. The van der Waals surface area contributed by atoms with Crippen LogP contribution in [0.4, 0.5) is 11.4 Å². The van der Waals surface area contributed by atoms with E-state index in [1.807, 2.05) is 32.0 Å². The second-order valence-electron chi connectivity index (χ2n) is 7.35. The monoisotopic (exact) mass is 454 g/mol. The van der Waals surface area contributed by atoms with Crippen molar-refractivity contribution < 1.29 is 22.7 Å². The Morgan fingerprint density at radius 3 is 2.47 bits per heavy atom. The Morgan fingerprint density at radius 2 is 1.72 bits per heavy atom. The first-order valence-corrected chi connectivity index (χ1v) is 11.5. The number of hydrogen-bond acceptors (Lipinski definition) is 5. The smallest absolute Gasteiger partial charge is 0.262 e. The maximum atomic E-state index is 12.9. The van der Waals surface area contributed by atoms with Crippen molar-refractivity contribution in [1.82, 2.24) is 0 Å². The molecule has 168 valence electrons. The fourth-order valence-corrected chi connectivity index (χ4v) is 4.06. The first-order valence-electron chi connectivity index (χ1n) is 10.1. The standard InChI is InChI=1S/C24H26N2O5S/c1-17(2)31-16-18-8-6-10-20(14-18)25-24(27)19-9-7-11-21(15-19)32(28,29)26-22-12-4-5-13-23(22)30-3/h4-15,17,26H,16H2,1-3H3,(H,25,27). The van der Waals surface area contributed by atoms with Crippen molar-refractivity contribution in [2.24, 2.45) is 0 Å². The Morgan fingerprint density at radius 1 is 0.969 bits per heavy atom. The lowest BCUT2D eigenvalue weighted by Crippen LogP contribution is -2.16. The molecule has 0 bridgehead atoms. The molecule has 0 aliphatic heterocycles. The Kier molecular flexibility index (Phi) is 7.50. The normalized spacial score (nSPS) is 11.2. The molecule has 3 rings (SSSR count). The van der Waals surface area contributed by atoms with Gasteiger partial charge < -0.3 is 14.8 Å². The van der Waals surface area contributed by atoms with Crippen molar-refractivity contribution >= 4 is 27.3 Å². The molecular weight excluding hydrogens is 428 g/mol. The second kappa shape index (κ2) is 10.3. The number of anilines is 2.